The first-order valence-corrected chi connectivity index (χ1v) is 4.29. The number of hydrogen-bond donors (Lipinski definition) is 2. The fourth-order valence-electron chi connectivity index (χ4n) is 1.00. The number of hydrogen-bond acceptors (Lipinski definition) is 5. The van der Waals surface area contributed by atoms with Crippen LogP contribution in [0.2, 0.25) is 0 Å². The van der Waals surface area contributed by atoms with Crippen LogP contribution in [0, 0.1) is 10.1 Å². The highest BCUT2D eigenvalue weighted by Crippen LogP contribution is 2.18. The van der Waals surface area contributed by atoms with Gasteiger partial charge in [-0.3, -0.25) is 14.9 Å². The predicted octanol–water partition coefficient (Wildman–Crippen LogP) is 1.06. The second-order valence-electron chi connectivity index (χ2n) is 2.93. The normalized spacial score (nSPS) is 10.5. The molecular weight excluding hydrogens is 214 g/mol. The molecule has 1 rings (SSSR count). The molecule has 0 aromatic carbocycles. The Morgan fingerprint density at radius 3 is 2.94 bits per heavy atom. The molecule has 84 valence electrons. The van der Waals surface area contributed by atoms with Crippen molar-refractivity contribution in [3.8, 4) is 0 Å². The summed E-state index contributed by atoms with van der Waals surface area (Å²) in [6.45, 7) is 0. The molecule has 0 amide bonds. The van der Waals surface area contributed by atoms with Crippen LogP contribution >= 0.6 is 0 Å². The van der Waals surface area contributed by atoms with E-state index in [0.717, 1.165) is 6.20 Å². The molecular formula is C9H9N3O4. The summed E-state index contributed by atoms with van der Waals surface area (Å²) in [5.41, 5.74) is 5.61. The first-order chi connectivity index (χ1) is 7.50. The van der Waals surface area contributed by atoms with Crippen LogP contribution in [0.3, 0.4) is 0 Å². The molecule has 1 aromatic rings. The van der Waals surface area contributed by atoms with Crippen LogP contribution < -0.4 is 5.73 Å². The highest BCUT2D eigenvalue weighted by Gasteiger charge is 2.08. The molecule has 7 heteroatoms. The Morgan fingerprint density at radius 1 is 1.69 bits per heavy atom. The molecule has 0 atom stereocenters. The van der Waals surface area contributed by atoms with Gasteiger partial charge in [-0.15, -0.1) is 0 Å². The highest BCUT2D eigenvalue weighted by molar-refractivity contribution is 5.72. The third-order valence-electron chi connectivity index (χ3n) is 1.74. The van der Waals surface area contributed by atoms with Crippen LogP contribution in [-0.4, -0.2) is 21.0 Å². The van der Waals surface area contributed by atoms with Crippen molar-refractivity contribution in [2.24, 2.45) is 0 Å². The number of nitrogens with two attached hydrogens (primary N) is 1. The van der Waals surface area contributed by atoms with Gasteiger partial charge >= 0.3 is 5.97 Å². The minimum absolute atomic E-state index is 0.118. The number of aromatic nitrogens is 1. The molecule has 0 radical (unpaired) electrons. The van der Waals surface area contributed by atoms with E-state index in [9.17, 15) is 14.9 Å². The van der Waals surface area contributed by atoms with Gasteiger partial charge in [-0.2, -0.15) is 0 Å². The molecule has 0 bridgehead atoms. The lowest BCUT2D eigenvalue weighted by Crippen LogP contribution is -1.97. The van der Waals surface area contributed by atoms with Crippen LogP contribution in [0.25, 0.3) is 6.08 Å². The molecule has 7 nitrogen and oxygen atoms in total. The van der Waals surface area contributed by atoms with E-state index >= 15 is 0 Å². The number of anilines is 1. The van der Waals surface area contributed by atoms with Gasteiger partial charge in [0.25, 0.3) is 5.69 Å². The van der Waals surface area contributed by atoms with E-state index in [2.05, 4.69) is 4.98 Å². The maximum atomic E-state index is 10.5. The molecule has 0 saturated heterocycles. The minimum atomic E-state index is -0.992. The lowest BCUT2D eigenvalue weighted by atomic mass is 10.2. The van der Waals surface area contributed by atoms with E-state index in [1.165, 1.54) is 18.2 Å². The average molecular weight is 223 g/mol. The number of nitrogen functional groups attached to an aromatic ring is 1. The highest BCUT2D eigenvalue weighted by atomic mass is 16.6. The molecule has 0 aliphatic heterocycles. The lowest BCUT2D eigenvalue weighted by Gasteiger charge is -1.98. The van der Waals surface area contributed by atoms with E-state index in [1.54, 1.807) is 0 Å². The lowest BCUT2D eigenvalue weighted by molar-refractivity contribution is -0.385. The summed E-state index contributed by atoms with van der Waals surface area (Å²) in [7, 11) is 0. The fourth-order valence-corrected chi connectivity index (χ4v) is 1.00. The molecule has 1 heterocycles. The van der Waals surface area contributed by atoms with Crippen molar-refractivity contribution in [2.75, 3.05) is 5.73 Å². The van der Waals surface area contributed by atoms with Crippen LogP contribution in [-0.2, 0) is 4.79 Å². The molecule has 0 aliphatic rings. The van der Waals surface area contributed by atoms with E-state index in [-0.39, 0.29) is 17.9 Å². The van der Waals surface area contributed by atoms with Gasteiger partial charge in [-0.05, 0) is 0 Å². The zero-order valence-electron chi connectivity index (χ0n) is 8.16. The minimum Gasteiger partial charge on any atom is -0.481 e. The maximum Gasteiger partial charge on any atom is 0.307 e. The maximum absolute atomic E-state index is 10.5. The molecule has 0 unspecified atom stereocenters. The zero-order valence-corrected chi connectivity index (χ0v) is 8.16. The standard InChI is InChI=1S/C9H9N3O4/c10-9-6(2-1-3-8(13)14)4-7(5-11-9)12(15)16/h1-2,4-5H,3H2,(H2,10,11)(H,13,14). The molecule has 0 fully saturated rings. The zero-order chi connectivity index (χ0) is 12.1. The Balaban J connectivity index is 2.94. The number of rotatable bonds is 4. The van der Waals surface area contributed by atoms with Gasteiger partial charge in [-0.25, -0.2) is 4.98 Å². The fraction of sp³-hybridized carbons (Fsp3) is 0.111. The van der Waals surface area contributed by atoms with Crippen LogP contribution in [0.15, 0.2) is 18.3 Å². The van der Waals surface area contributed by atoms with E-state index < -0.39 is 10.9 Å². The summed E-state index contributed by atoms with van der Waals surface area (Å²) in [4.78, 5) is 23.7. The Bertz CT molecular complexity index is 456. The van der Waals surface area contributed by atoms with Crippen molar-refractivity contribution >= 4 is 23.6 Å². The van der Waals surface area contributed by atoms with Gasteiger partial charge in [0.1, 0.15) is 12.0 Å². The van der Waals surface area contributed by atoms with Crippen molar-refractivity contribution in [1.29, 1.82) is 0 Å². The summed E-state index contributed by atoms with van der Waals surface area (Å²) in [5, 5.41) is 18.9. The average Bonchev–Trinajstić information content (AvgIpc) is 2.20. The van der Waals surface area contributed by atoms with Gasteiger partial charge in [0.2, 0.25) is 0 Å². The van der Waals surface area contributed by atoms with E-state index in [1.807, 2.05) is 0 Å². The van der Waals surface area contributed by atoms with Crippen LogP contribution in [0.5, 0.6) is 0 Å². The van der Waals surface area contributed by atoms with E-state index in [4.69, 9.17) is 10.8 Å². The first-order valence-electron chi connectivity index (χ1n) is 4.29. The van der Waals surface area contributed by atoms with Gasteiger partial charge in [0.15, 0.2) is 0 Å². The van der Waals surface area contributed by atoms with Gasteiger partial charge < -0.3 is 10.8 Å². The summed E-state index contributed by atoms with van der Waals surface area (Å²) in [6, 6.07) is 1.24. The summed E-state index contributed by atoms with van der Waals surface area (Å²) in [6.07, 6.45) is 3.61. The number of nitro groups is 1. The van der Waals surface area contributed by atoms with Gasteiger partial charge in [0.05, 0.1) is 11.3 Å². The van der Waals surface area contributed by atoms with E-state index in [0.29, 0.717) is 5.56 Å². The Hall–Kier alpha value is -2.44. The molecule has 0 spiro atoms. The smallest absolute Gasteiger partial charge is 0.307 e. The number of aliphatic carboxylic acids is 1. The van der Waals surface area contributed by atoms with Crippen molar-refractivity contribution in [2.45, 2.75) is 6.42 Å². The number of carboxylic acids is 1. The molecule has 16 heavy (non-hydrogen) atoms. The second-order valence-corrected chi connectivity index (χ2v) is 2.93. The van der Waals surface area contributed by atoms with Crippen molar-refractivity contribution in [3.63, 3.8) is 0 Å². The predicted molar refractivity (Wildman–Crippen MR) is 56.6 cm³/mol. The topological polar surface area (TPSA) is 119 Å². The molecule has 1 aromatic heterocycles. The number of carbonyl (C=O) groups is 1. The number of pyridine rings is 1. The van der Waals surface area contributed by atoms with Crippen LogP contribution in [0.1, 0.15) is 12.0 Å². The second kappa shape index (κ2) is 4.87. The monoisotopic (exact) mass is 223 g/mol. The number of carboxylic acid groups (broad SMARTS) is 1. The Kier molecular flexibility index (Phi) is 3.54. The van der Waals surface area contributed by atoms with Crippen molar-refractivity contribution < 1.29 is 14.8 Å². The third-order valence-corrected chi connectivity index (χ3v) is 1.74. The summed E-state index contributed by atoms with van der Waals surface area (Å²) < 4.78 is 0. The van der Waals surface area contributed by atoms with Gasteiger partial charge in [0, 0.05) is 11.6 Å². The molecule has 3 N–H and O–H groups in total. The largest absolute Gasteiger partial charge is 0.481 e. The molecule has 0 aliphatic carbocycles. The SMILES string of the molecule is Nc1ncc([N+](=O)[O-])cc1C=CCC(=O)O. The third kappa shape index (κ3) is 3.05. The summed E-state index contributed by atoms with van der Waals surface area (Å²) in [5.74, 6) is -0.875. The Labute approximate surface area is 90.4 Å². The van der Waals surface area contributed by atoms with Crippen molar-refractivity contribution in [3.05, 3.63) is 34.0 Å². The summed E-state index contributed by atoms with van der Waals surface area (Å²) >= 11 is 0. The van der Waals surface area contributed by atoms with Crippen LogP contribution in [0.4, 0.5) is 11.5 Å². The first kappa shape index (κ1) is 11.6. The Morgan fingerprint density at radius 2 is 2.38 bits per heavy atom. The quantitative estimate of drug-likeness (QED) is 0.581. The van der Waals surface area contributed by atoms with Gasteiger partial charge in [-0.1, -0.05) is 12.2 Å². The van der Waals surface area contributed by atoms with Crippen molar-refractivity contribution in [1.82, 2.24) is 4.98 Å². The number of nitrogens with zero attached hydrogens (tertiary/aromatic N) is 2. The molecule has 0 saturated carbocycles.